The number of aromatic nitrogens is 4. The third-order valence-corrected chi connectivity index (χ3v) is 6.87. The van der Waals surface area contributed by atoms with Crippen LogP contribution in [0, 0.1) is 6.92 Å². The van der Waals surface area contributed by atoms with Crippen LogP contribution in [0.15, 0.2) is 32.8 Å². The van der Waals surface area contributed by atoms with Crippen LogP contribution in [-0.4, -0.2) is 71.8 Å². The van der Waals surface area contributed by atoms with Gasteiger partial charge in [0.25, 0.3) is 5.56 Å². The molecule has 0 saturated carbocycles. The lowest BCUT2D eigenvalue weighted by Crippen LogP contribution is -2.33. The normalized spacial score (nSPS) is 29.9. The number of rotatable bonds is 8. The minimum absolute atomic E-state index is 0.00753. The predicted molar refractivity (Wildman–Crippen MR) is 120 cm³/mol. The number of aliphatic hydroxyl groups excluding tert-OH is 2. The molecule has 6 N–H and O–H groups in total. The molecule has 4 rings (SSSR count). The minimum atomic E-state index is -4.75. The molecule has 0 amide bonds. The molecule has 36 heavy (non-hydrogen) atoms. The van der Waals surface area contributed by atoms with Gasteiger partial charge < -0.3 is 30.3 Å². The molecule has 17 heteroatoms. The average Bonchev–Trinajstić information content (AvgIpc) is 3.37. The SMILES string of the molecule is Cc1cn([C@@H]2C[C@@H](O)C(COP(=O)(O)O[C@H]3C[C@H](n4ccc(N)nc4=O)O[C@@H]3CO)O2)c(=O)[nH]c1=O. The summed E-state index contributed by atoms with van der Waals surface area (Å²) < 4.78 is 36.1. The summed E-state index contributed by atoms with van der Waals surface area (Å²) >= 11 is 0. The van der Waals surface area contributed by atoms with Gasteiger partial charge in [0.1, 0.15) is 36.6 Å². The van der Waals surface area contributed by atoms with E-state index in [1.807, 2.05) is 0 Å². The number of nitrogen functional groups attached to an aromatic ring is 1. The summed E-state index contributed by atoms with van der Waals surface area (Å²) in [5.41, 5.74) is 3.73. The maximum Gasteiger partial charge on any atom is 0.472 e. The number of aromatic amines is 1. The number of hydrogen-bond donors (Lipinski definition) is 5. The van der Waals surface area contributed by atoms with Gasteiger partial charge in [-0.05, 0) is 13.0 Å². The van der Waals surface area contributed by atoms with Gasteiger partial charge in [0.05, 0.1) is 19.3 Å². The van der Waals surface area contributed by atoms with Gasteiger partial charge in [-0.2, -0.15) is 4.98 Å². The highest BCUT2D eigenvalue weighted by Crippen LogP contribution is 2.48. The Morgan fingerprint density at radius 2 is 1.92 bits per heavy atom. The van der Waals surface area contributed by atoms with Gasteiger partial charge in [-0.3, -0.25) is 28.0 Å². The number of nitrogens with two attached hydrogens (primary N) is 1. The van der Waals surface area contributed by atoms with E-state index in [-0.39, 0.29) is 24.2 Å². The van der Waals surface area contributed by atoms with Gasteiger partial charge in [0, 0.05) is 30.8 Å². The molecule has 2 aliphatic heterocycles. The highest BCUT2D eigenvalue weighted by Gasteiger charge is 2.43. The van der Waals surface area contributed by atoms with Crippen LogP contribution in [0.1, 0.15) is 30.9 Å². The van der Waals surface area contributed by atoms with Crippen molar-refractivity contribution in [1.82, 2.24) is 19.1 Å². The molecule has 2 aromatic heterocycles. The number of H-pyrrole nitrogens is 1. The zero-order valence-electron chi connectivity index (χ0n) is 19.0. The highest BCUT2D eigenvalue weighted by atomic mass is 31.2. The van der Waals surface area contributed by atoms with Crippen molar-refractivity contribution in [2.45, 2.75) is 56.6 Å². The van der Waals surface area contributed by atoms with E-state index in [1.54, 1.807) is 0 Å². The van der Waals surface area contributed by atoms with Crippen molar-refractivity contribution < 1.29 is 38.2 Å². The molecule has 2 saturated heterocycles. The van der Waals surface area contributed by atoms with Crippen molar-refractivity contribution >= 4 is 13.6 Å². The van der Waals surface area contributed by atoms with Crippen molar-refractivity contribution in [3.8, 4) is 0 Å². The van der Waals surface area contributed by atoms with E-state index in [4.69, 9.17) is 24.3 Å². The van der Waals surface area contributed by atoms with Gasteiger partial charge >= 0.3 is 19.2 Å². The summed E-state index contributed by atoms with van der Waals surface area (Å²) in [6.07, 6.45) is -3.77. The Hall–Kier alpha value is -2.69. The summed E-state index contributed by atoms with van der Waals surface area (Å²) in [5, 5.41) is 19.9. The second-order valence-electron chi connectivity index (χ2n) is 8.41. The molecule has 2 aliphatic rings. The first-order valence-electron chi connectivity index (χ1n) is 10.9. The maximum atomic E-state index is 12.6. The first-order chi connectivity index (χ1) is 17.0. The zero-order valence-corrected chi connectivity index (χ0v) is 19.9. The van der Waals surface area contributed by atoms with Crippen LogP contribution in [0.2, 0.25) is 0 Å². The quantitative estimate of drug-likeness (QED) is 0.235. The third-order valence-electron chi connectivity index (χ3n) is 5.85. The van der Waals surface area contributed by atoms with Gasteiger partial charge in [0.2, 0.25) is 0 Å². The summed E-state index contributed by atoms with van der Waals surface area (Å²) in [7, 11) is -4.75. The van der Waals surface area contributed by atoms with Crippen LogP contribution >= 0.6 is 7.82 Å². The minimum Gasteiger partial charge on any atom is -0.394 e. The smallest absolute Gasteiger partial charge is 0.394 e. The van der Waals surface area contributed by atoms with Crippen molar-refractivity contribution in [2.24, 2.45) is 0 Å². The Morgan fingerprint density at radius 1 is 1.22 bits per heavy atom. The van der Waals surface area contributed by atoms with Crippen LogP contribution in [-0.2, 0) is 23.1 Å². The van der Waals surface area contributed by atoms with Gasteiger partial charge in [0.15, 0.2) is 0 Å². The molecule has 7 atom stereocenters. The molecule has 2 fully saturated rings. The average molecular weight is 531 g/mol. The number of ether oxygens (including phenoxy) is 2. The maximum absolute atomic E-state index is 12.6. The summed E-state index contributed by atoms with van der Waals surface area (Å²) in [6.45, 7) is 0.361. The van der Waals surface area contributed by atoms with E-state index < -0.39 is 74.8 Å². The molecule has 0 bridgehead atoms. The molecule has 4 heterocycles. The van der Waals surface area contributed by atoms with E-state index in [9.17, 15) is 34.1 Å². The van der Waals surface area contributed by atoms with Gasteiger partial charge in [-0.15, -0.1) is 0 Å². The van der Waals surface area contributed by atoms with E-state index in [1.165, 1.54) is 25.4 Å². The van der Waals surface area contributed by atoms with Gasteiger partial charge in [-0.1, -0.05) is 0 Å². The number of aryl methyl sites for hydroxylation is 1. The standard InChI is InChI=1S/C19H26N5O11P/c1-9-6-24(19(29)22-17(9)27)15-4-10(26)13(34-15)8-32-36(30,31)35-11-5-16(33-12(11)7-25)23-3-2-14(20)21-18(23)28/h2-3,6,10-13,15-16,25-26H,4-5,7-8H2,1H3,(H,30,31)(H2,20,21,28)(H,22,27,29)/t10-,11+,12-,13?,15+,16-/m1/s1. The van der Waals surface area contributed by atoms with Crippen molar-refractivity contribution in [2.75, 3.05) is 18.9 Å². The first kappa shape index (κ1) is 26.4. The van der Waals surface area contributed by atoms with Crippen LogP contribution < -0.4 is 22.7 Å². The zero-order chi connectivity index (χ0) is 26.2. The molecule has 0 aliphatic carbocycles. The Labute approximate surface area is 202 Å². The van der Waals surface area contributed by atoms with Crippen LogP contribution in [0.5, 0.6) is 0 Å². The van der Waals surface area contributed by atoms with E-state index in [2.05, 4.69) is 9.97 Å². The number of phosphoric ester groups is 1. The number of anilines is 1. The lowest BCUT2D eigenvalue weighted by atomic mass is 10.2. The topological polar surface area (TPSA) is 230 Å². The molecule has 2 unspecified atom stereocenters. The van der Waals surface area contributed by atoms with Crippen molar-refractivity contribution in [1.29, 1.82) is 0 Å². The molecule has 0 spiro atoms. The molecule has 2 aromatic rings. The second-order valence-corrected chi connectivity index (χ2v) is 9.81. The van der Waals surface area contributed by atoms with Crippen LogP contribution in [0.3, 0.4) is 0 Å². The monoisotopic (exact) mass is 531 g/mol. The van der Waals surface area contributed by atoms with E-state index in [0.29, 0.717) is 0 Å². The Kier molecular flexibility index (Phi) is 7.59. The lowest BCUT2D eigenvalue weighted by Gasteiger charge is -2.22. The van der Waals surface area contributed by atoms with Gasteiger partial charge in [-0.25, -0.2) is 14.2 Å². The Morgan fingerprint density at radius 3 is 2.61 bits per heavy atom. The largest absolute Gasteiger partial charge is 0.472 e. The number of nitrogens with zero attached hydrogens (tertiary/aromatic N) is 3. The first-order valence-corrected chi connectivity index (χ1v) is 12.4. The highest BCUT2D eigenvalue weighted by molar-refractivity contribution is 7.47. The second kappa shape index (κ2) is 10.4. The number of hydrogen-bond acceptors (Lipinski definition) is 12. The van der Waals surface area contributed by atoms with Crippen molar-refractivity contribution in [3.05, 3.63) is 55.3 Å². The van der Waals surface area contributed by atoms with Crippen molar-refractivity contribution in [3.63, 3.8) is 0 Å². The number of aliphatic hydroxyl groups is 2. The molecule has 198 valence electrons. The van der Waals surface area contributed by atoms with Crippen LogP contribution in [0.4, 0.5) is 5.82 Å². The molecule has 0 aromatic carbocycles. The molecule has 0 radical (unpaired) electrons. The fourth-order valence-electron chi connectivity index (χ4n) is 4.00. The Balaban J connectivity index is 1.37. The summed E-state index contributed by atoms with van der Waals surface area (Å²) in [4.78, 5) is 51.6. The Bertz CT molecular complexity index is 1330. The molecular weight excluding hydrogens is 505 g/mol. The van der Waals surface area contributed by atoms with E-state index >= 15 is 0 Å². The number of phosphoric acid groups is 1. The third kappa shape index (κ3) is 5.66. The molecular formula is C19H26N5O11P. The molecule has 16 nitrogen and oxygen atoms in total. The summed E-state index contributed by atoms with van der Waals surface area (Å²) in [5.74, 6) is 0.00753. The fraction of sp³-hybridized carbons (Fsp3) is 0.579. The number of nitrogens with one attached hydrogen (secondary N) is 1. The fourth-order valence-corrected chi connectivity index (χ4v) is 4.96. The van der Waals surface area contributed by atoms with Crippen LogP contribution in [0.25, 0.3) is 0 Å². The lowest BCUT2D eigenvalue weighted by molar-refractivity contribution is -0.0575. The predicted octanol–water partition coefficient (Wildman–Crippen LogP) is -1.89. The van der Waals surface area contributed by atoms with E-state index in [0.717, 1.165) is 9.13 Å². The summed E-state index contributed by atoms with van der Waals surface area (Å²) in [6, 6.07) is 1.37.